The van der Waals surface area contributed by atoms with Crippen molar-refractivity contribution in [3.63, 3.8) is 0 Å². The first-order chi connectivity index (χ1) is 7.56. The van der Waals surface area contributed by atoms with E-state index in [1.54, 1.807) is 0 Å². The van der Waals surface area contributed by atoms with E-state index in [2.05, 4.69) is 24.1 Å². The lowest BCUT2D eigenvalue weighted by Gasteiger charge is -2.24. The molecule has 0 aromatic rings. The summed E-state index contributed by atoms with van der Waals surface area (Å²) in [5.41, 5.74) is 0. The molecule has 0 radical (unpaired) electrons. The standard InChI is InChI=1S/C12H26N2O2/c1-6-10(7-2)11(12(15)16-5)13-8-9-14(3)4/h10-11,13H,6-9H2,1-5H3. The largest absolute Gasteiger partial charge is 0.468 e. The van der Waals surface area contributed by atoms with Crippen LogP contribution < -0.4 is 5.32 Å². The maximum Gasteiger partial charge on any atom is 0.323 e. The average Bonchev–Trinajstić information content (AvgIpc) is 2.27. The number of hydrogen-bond acceptors (Lipinski definition) is 4. The second-order valence-corrected chi connectivity index (χ2v) is 4.33. The van der Waals surface area contributed by atoms with E-state index in [0.717, 1.165) is 25.9 Å². The molecular formula is C12H26N2O2. The van der Waals surface area contributed by atoms with Crippen molar-refractivity contribution in [3.8, 4) is 0 Å². The molecule has 0 saturated heterocycles. The van der Waals surface area contributed by atoms with Crippen LogP contribution in [0.15, 0.2) is 0 Å². The fourth-order valence-electron chi connectivity index (χ4n) is 1.77. The maximum absolute atomic E-state index is 11.6. The molecule has 0 heterocycles. The number of nitrogens with one attached hydrogen (secondary N) is 1. The molecule has 1 unspecified atom stereocenters. The predicted octanol–water partition coefficient (Wildman–Crippen LogP) is 1.12. The highest BCUT2D eigenvalue weighted by Gasteiger charge is 2.25. The number of rotatable bonds is 8. The summed E-state index contributed by atoms with van der Waals surface area (Å²) >= 11 is 0. The van der Waals surface area contributed by atoms with Crippen molar-refractivity contribution in [2.45, 2.75) is 32.7 Å². The van der Waals surface area contributed by atoms with E-state index in [0.29, 0.717) is 5.92 Å². The Bertz CT molecular complexity index is 191. The SMILES string of the molecule is CCC(CC)C(NCCN(C)C)C(=O)OC. The quantitative estimate of drug-likeness (QED) is 0.634. The van der Waals surface area contributed by atoms with Crippen molar-refractivity contribution in [1.82, 2.24) is 10.2 Å². The van der Waals surface area contributed by atoms with E-state index >= 15 is 0 Å². The zero-order valence-corrected chi connectivity index (χ0v) is 11.2. The van der Waals surface area contributed by atoms with Gasteiger partial charge in [0.15, 0.2) is 0 Å². The first kappa shape index (κ1) is 15.4. The number of methoxy groups -OCH3 is 1. The zero-order valence-electron chi connectivity index (χ0n) is 11.2. The molecule has 4 nitrogen and oxygen atoms in total. The molecule has 1 atom stereocenters. The van der Waals surface area contributed by atoms with Gasteiger partial charge >= 0.3 is 5.97 Å². The molecule has 0 aliphatic carbocycles. The van der Waals surface area contributed by atoms with Crippen LogP contribution in [0.25, 0.3) is 0 Å². The average molecular weight is 230 g/mol. The maximum atomic E-state index is 11.6. The number of ether oxygens (including phenoxy) is 1. The second-order valence-electron chi connectivity index (χ2n) is 4.33. The monoisotopic (exact) mass is 230 g/mol. The summed E-state index contributed by atoms with van der Waals surface area (Å²) in [7, 11) is 5.49. The van der Waals surface area contributed by atoms with Crippen LogP contribution in [0.2, 0.25) is 0 Å². The lowest BCUT2D eigenvalue weighted by molar-refractivity contribution is -0.144. The van der Waals surface area contributed by atoms with Gasteiger partial charge in [-0.05, 0) is 20.0 Å². The van der Waals surface area contributed by atoms with Crippen LogP contribution in [0.1, 0.15) is 26.7 Å². The summed E-state index contributed by atoms with van der Waals surface area (Å²) in [5.74, 6) is 0.210. The smallest absolute Gasteiger partial charge is 0.323 e. The number of carbonyl (C=O) groups excluding carboxylic acids is 1. The molecule has 96 valence electrons. The van der Waals surface area contributed by atoms with E-state index in [4.69, 9.17) is 4.74 Å². The number of hydrogen-bond donors (Lipinski definition) is 1. The van der Waals surface area contributed by atoms with Gasteiger partial charge in [0.25, 0.3) is 0 Å². The van der Waals surface area contributed by atoms with E-state index in [9.17, 15) is 4.79 Å². The highest BCUT2D eigenvalue weighted by molar-refractivity contribution is 5.76. The summed E-state index contributed by atoms with van der Waals surface area (Å²) in [5, 5.41) is 3.29. The Morgan fingerprint density at radius 2 is 1.88 bits per heavy atom. The van der Waals surface area contributed by atoms with Crippen LogP contribution >= 0.6 is 0 Å². The third-order valence-corrected chi connectivity index (χ3v) is 2.90. The van der Waals surface area contributed by atoms with Gasteiger partial charge in [-0.1, -0.05) is 26.7 Å². The topological polar surface area (TPSA) is 41.6 Å². The first-order valence-electron chi connectivity index (χ1n) is 6.02. The normalized spacial score (nSPS) is 13.2. The molecule has 0 amide bonds. The van der Waals surface area contributed by atoms with Crippen molar-refractivity contribution in [2.24, 2.45) is 5.92 Å². The Labute approximate surface area is 99.3 Å². The predicted molar refractivity (Wildman–Crippen MR) is 66.4 cm³/mol. The van der Waals surface area contributed by atoms with Gasteiger partial charge < -0.3 is 15.0 Å². The number of esters is 1. The van der Waals surface area contributed by atoms with Crippen molar-refractivity contribution < 1.29 is 9.53 Å². The van der Waals surface area contributed by atoms with Crippen LogP contribution in [0.5, 0.6) is 0 Å². The summed E-state index contributed by atoms with van der Waals surface area (Å²) in [4.78, 5) is 13.7. The van der Waals surface area contributed by atoms with Crippen molar-refractivity contribution >= 4 is 5.97 Å². The van der Waals surface area contributed by atoms with Gasteiger partial charge in [-0.2, -0.15) is 0 Å². The Morgan fingerprint density at radius 1 is 1.31 bits per heavy atom. The molecular weight excluding hydrogens is 204 g/mol. The van der Waals surface area contributed by atoms with Crippen LogP contribution in [-0.2, 0) is 9.53 Å². The van der Waals surface area contributed by atoms with Crippen molar-refractivity contribution in [2.75, 3.05) is 34.3 Å². The fourth-order valence-corrected chi connectivity index (χ4v) is 1.77. The number of carbonyl (C=O) groups is 1. The molecule has 0 aromatic heterocycles. The van der Waals surface area contributed by atoms with Crippen molar-refractivity contribution in [3.05, 3.63) is 0 Å². The Kier molecular flexibility index (Phi) is 8.21. The minimum atomic E-state index is -0.167. The van der Waals surface area contributed by atoms with Gasteiger partial charge in [0.1, 0.15) is 6.04 Å². The first-order valence-corrected chi connectivity index (χ1v) is 6.02. The molecule has 4 heteroatoms. The lowest BCUT2D eigenvalue weighted by Crippen LogP contribution is -2.45. The molecule has 0 spiro atoms. The van der Waals surface area contributed by atoms with Gasteiger partial charge in [-0.3, -0.25) is 4.79 Å². The molecule has 0 aliphatic rings. The molecule has 0 bridgehead atoms. The van der Waals surface area contributed by atoms with E-state index < -0.39 is 0 Å². The summed E-state index contributed by atoms with van der Waals surface area (Å²) in [6, 6.07) is -0.167. The van der Waals surface area contributed by atoms with Crippen LogP contribution in [0.4, 0.5) is 0 Å². The van der Waals surface area contributed by atoms with E-state index in [1.165, 1.54) is 7.11 Å². The molecule has 0 rings (SSSR count). The molecule has 0 aromatic carbocycles. The Balaban J connectivity index is 4.25. The fraction of sp³-hybridized carbons (Fsp3) is 0.917. The molecule has 0 saturated carbocycles. The van der Waals surface area contributed by atoms with E-state index in [-0.39, 0.29) is 12.0 Å². The number of nitrogens with zero attached hydrogens (tertiary/aromatic N) is 1. The van der Waals surface area contributed by atoms with Gasteiger partial charge in [0, 0.05) is 13.1 Å². The highest BCUT2D eigenvalue weighted by atomic mass is 16.5. The Hall–Kier alpha value is -0.610. The molecule has 16 heavy (non-hydrogen) atoms. The molecule has 0 fully saturated rings. The third-order valence-electron chi connectivity index (χ3n) is 2.90. The Morgan fingerprint density at radius 3 is 2.25 bits per heavy atom. The molecule has 0 aliphatic heterocycles. The third kappa shape index (κ3) is 5.47. The van der Waals surface area contributed by atoms with Gasteiger partial charge in [-0.15, -0.1) is 0 Å². The van der Waals surface area contributed by atoms with Gasteiger partial charge in [0.2, 0.25) is 0 Å². The summed E-state index contributed by atoms with van der Waals surface area (Å²) in [6.45, 7) is 5.95. The minimum Gasteiger partial charge on any atom is -0.468 e. The highest BCUT2D eigenvalue weighted by Crippen LogP contribution is 2.14. The van der Waals surface area contributed by atoms with Crippen LogP contribution in [0, 0.1) is 5.92 Å². The number of likely N-dealkylation sites (N-methyl/N-ethyl adjacent to an activating group) is 1. The van der Waals surface area contributed by atoms with Gasteiger partial charge in [0.05, 0.1) is 7.11 Å². The second kappa shape index (κ2) is 8.53. The van der Waals surface area contributed by atoms with E-state index in [1.807, 2.05) is 14.1 Å². The minimum absolute atomic E-state index is 0.146. The lowest BCUT2D eigenvalue weighted by atomic mass is 9.94. The van der Waals surface area contributed by atoms with Crippen molar-refractivity contribution in [1.29, 1.82) is 0 Å². The summed E-state index contributed by atoms with van der Waals surface area (Å²) in [6.07, 6.45) is 1.98. The summed E-state index contributed by atoms with van der Waals surface area (Å²) < 4.78 is 4.84. The van der Waals surface area contributed by atoms with Crippen LogP contribution in [0.3, 0.4) is 0 Å². The van der Waals surface area contributed by atoms with Crippen LogP contribution in [-0.4, -0.2) is 51.2 Å². The zero-order chi connectivity index (χ0) is 12.6. The van der Waals surface area contributed by atoms with Gasteiger partial charge in [-0.25, -0.2) is 0 Å². The molecule has 1 N–H and O–H groups in total.